The van der Waals surface area contributed by atoms with Gasteiger partial charge in [0, 0.05) is 25.7 Å². The van der Waals surface area contributed by atoms with E-state index >= 15 is 0 Å². The Kier molecular flexibility index (Phi) is 5.24. The smallest absolute Gasteiger partial charge is 0.225 e. The summed E-state index contributed by atoms with van der Waals surface area (Å²) in [5.74, 6) is 1.09. The molecule has 3 heterocycles. The fourth-order valence-corrected chi connectivity index (χ4v) is 5.33. The van der Waals surface area contributed by atoms with Gasteiger partial charge in [-0.15, -0.1) is 0 Å². The maximum atomic E-state index is 12.6. The molecule has 5 rings (SSSR count). The molecule has 3 atom stereocenters. The van der Waals surface area contributed by atoms with Crippen LogP contribution in [0.4, 0.5) is 0 Å². The van der Waals surface area contributed by atoms with Gasteiger partial charge in [0.2, 0.25) is 5.91 Å². The highest BCUT2D eigenvalue weighted by Gasteiger charge is 2.54. The van der Waals surface area contributed by atoms with Crippen molar-refractivity contribution in [3.63, 3.8) is 0 Å². The van der Waals surface area contributed by atoms with Crippen LogP contribution in [0.3, 0.4) is 0 Å². The Hall–Kier alpha value is -1.67. The Morgan fingerprint density at radius 3 is 2.79 bits per heavy atom. The molecule has 4 fully saturated rings. The standard InChI is InChI=1S/C22H32N4O3/c1-28-18-5-3-2-4-16(18)12-17-14-22(6-7-22)15-26(17)21-23-19(13-20(27)24-21)25-8-10-29-11-9-25/h2-5,17,19,21,23H,6-15H2,1H3,(H,24,27)/t17-,19?,21?/m0/s1. The first-order chi connectivity index (χ1) is 14.2. The van der Waals surface area contributed by atoms with E-state index in [9.17, 15) is 4.79 Å². The van der Waals surface area contributed by atoms with Gasteiger partial charge in [-0.2, -0.15) is 0 Å². The quantitative estimate of drug-likeness (QED) is 0.773. The average molecular weight is 401 g/mol. The predicted molar refractivity (Wildman–Crippen MR) is 109 cm³/mol. The molecule has 2 unspecified atom stereocenters. The molecule has 29 heavy (non-hydrogen) atoms. The molecule has 1 saturated carbocycles. The lowest BCUT2D eigenvalue weighted by atomic mass is 9.97. The van der Waals surface area contributed by atoms with Crippen LogP contribution in [0.25, 0.3) is 0 Å². The van der Waals surface area contributed by atoms with E-state index in [1.807, 2.05) is 12.1 Å². The summed E-state index contributed by atoms with van der Waals surface area (Å²) in [4.78, 5) is 17.4. The van der Waals surface area contributed by atoms with E-state index < -0.39 is 0 Å². The Balaban J connectivity index is 1.33. The molecule has 7 nitrogen and oxygen atoms in total. The number of benzene rings is 1. The summed E-state index contributed by atoms with van der Waals surface area (Å²) in [5.41, 5.74) is 1.69. The van der Waals surface area contributed by atoms with Crippen LogP contribution in [-0.2, 0) is 16.0 Å². The molecule has 2 N–H and O–H groups in total. The third-order valence-electron chi connectivity index (χ3n) is 7.11. The van der Waals surface area contributed by atoms with E-state index in [-0.39, 0.29) is 18.4 Å². The van der Waals surface area contributed by atoms with E-state index in [1.54, 1.807) is 7.11 Å². The van der Waals surface area contributed by atoms with Crippen molar-refractivity contribution in [2.75, 3.05) is 40.0 Å². The van der Waals surface area contributed by atoms with Gasteiger partial charge in [0.25, 0.3) is 0 Å². The lowest BCUT2D eigenvalue weighted by molar-refractivity contribution is -0.131. The van der Waals surface area contributed by atoms with E-state index in [0.29, 0.717) is 17.9 Å². The highest BCUT2D eigenvalue weighted by atomic mass is 16.5. The van der Waals surface area contributed by atoms with Crippen LogP contribution in [0.2, 0.25) is 0 Å². The van der Waals surface area contributed by atoms with Crippen molar-refractivity contribution in [2.24, 2.45) is 5.41 Å². The first-order valence-electron chi connectivity index (χ1n) is 10.9. The van der Waals surface area contributed by atoms with Gasteiger partial charge in [0.1, 0.15) is 12.0 Å². The van der Waals surface area contributed by atoms with Crippen LogP contribution in [0.1, 0.15) is 31.2 Å². The highest BCUT2D eigenvalue weighted by Crippen LogP contribution is 2.55. The van der Waals surface area contributed by atoms with Crippen LogP contribution in [0.15, 0.2) is 24.3 Å². The molecule has 1 aliphatic carbocycles. The lowest BCUT2D eigenvalue weighted by Gasteiger charge is -2.44. The van der Waals surface area contributed by atoms with Crippen molar-refractivity contribution in [1.82, 2.24) is 20.4 Å². The third kappa shape index (κ3) is 4.01. The zero-order valence-corrected chi connectivity index (χ0v) is 17.2. The number of para-hydroxylation sites is 1. The van der Waals surface area contributed by atoms with Gasteiger partial charge in [0.05, 0.1) is 32.9 Å². The number of hydrogen-bond donors (Lipinski definition) is 2. The summed E-state index contributed by atoms with van der Waals surface area (Å²) >= 11 is 0. The number of hydrogen-bond acceptors (Lipinski definition) is 6. The number of carbonyl (C=O) groups excluding carboxylic acids is 1. The van der Waals surface area contributed by atoms with E-state index in [4.69, 9.17) is 9.47 Å². The third-order valence-corrected chi connectivity index (χ3v) is 7.11. The van der Waals surface area contributed by atoms with Gasteiger partial charge >= 0.3 is 0 Å². The van der Waals surface area contributed by atoms with Crippen LogP contribution in [-0.4, -0.2) is 74.2 Å². The number of carbonyl (C=O) groups is 1. The number of rotatable bonds is 5. The minimum Gasteiger partial charge on any atom is -0.496 e. The summed E-state index contributed by atoms with van der Waals surface area (Å²) in [6.07, 6.45) is 5.23. The summed E-state index contributed by atoms with van der Waals surface area (Å²) < 4.78 is 11.1. The number of nitrogens with one attached hydrogen (secondary N) is 2. The Labute approximate surface area is 172 Å². The molecule has 1 aromatic carbocycles. The average Bonchev–Trinajstić information content (AvgIpc) is 3.41. The molecule has 0 aromatic heterocycles. The fraction of sp³-hybridized carbons (Fsp3) is 0.682. The topological polar surface area (TPSA) is 66.1 Å². The molecular weight excluding hydrogens is 368 g/mol. The van der Waals surface area contributed by atoms with Crippen molar-refractivity contribution < 1.29 is 14.3 Å². The SMILES string of the molecule is COc1ccccc1C[C@H]1CC2(CC2)CN1C1NC(=O)CC(N2CCOCC2)N1. The van der Waals surface area contributed by atoms with Crippen LogP contribution >= 0.6 is 0 Å². The molecule has 1 amide bonds. The molecule has 1 aromatic rings. The first-order valence-corrected chi connectivity index (χ1v) is 10.9. The van der Waals surface area contributed by atoms with Gasteiger partial charge < -0.3 is 14.8 Å². The Morgan fingerprint density at radius 1 is 1.24 bits per heavy atom. The van der Waals surface area contributed by atoms with E-state index in [1.165, 1.54) is 24.8 Å². The Bertz CT molecular complexity index is 747. The van der Waals surface area contributed by atoms with Crippen molar-refractivity contribution in [1.29, 1.82) is 0 Å². The Morgan fingerprint density at radius 2 is 2.03 bits per heavy atom. The largest absolute Gasteiger partial charge is 0.496 e. The zero-order chi connectivity index (χ0) is 19.8. The molecule has 3 saturated heterocycles. The summed E-state index contributed by atoms with van der Waals surface area (Å²) in [5, 5.41) is 6.96. The van der Waals surface area contributed by atoms with Crippen molar-refractivity contribution >= 4 is 5.91 Å². The van der Waals surface area contributed by atoms with E-state index in [2.05, 4.69) is 32.6 Å². The number of nitrogens with zero attached hydrogens (tertiary/aromatic N) is 2. The minimum atomic E-state index is -0.108. The molecular formula is C22H32N4O3. The van der Waals surface area contributed by atoms with Gasteiger partial charge in [-0.05, 0) is 42.7 Å². The maximum Gasteiger partial charge on any atom is 0.225 e. The number of amides is 1. The predicted octanol–water partition coefficient (Wildman–Crippen LogP) is 1.14. The molecule has 0 radical (unpaired) electrons. The maximum absolute atomic E-state index is 12.6. The monoisotopic (exact) mass is 400 g/mol. The summed E-state index contributed by atoms with van der Waals surface area (Å²) in [6.45, 7) is 4.31. The van der Waals surface area contributed by atoms with Crippen LogP contribution < -0.4 is 15.4 Å². The second-order valence-electron chi connectivity index (χ2n) is 9.05. The molecule has 7 heteroatoms. The first kappa shape index (κ1) is 19.3. The second kappa shape index (κ2) is 7.87. The van der Waals surface area contributed by atoms with E-state index in [0.717, 1.165) is 45.0 Å². The van der Waals surface area contributed by atoms with Crippen molar-refractivity contribution in [2.45, 2.75) is 50.6 Å². The second-order valence-corrected chi connectivity index (χ2v) is 9.05. The van der Waals surface area contributed by atoms with Gasteiger partial charge in [-0.3, -0.25) is 19.9 Å². The number of ether oxygens (including phenoxy) is 2. The fourth-order valence-electron chi connectivity index (χ4n) is 5.33. The zero-order valence-electron chi connectivity index (χ0n) is 17.2. The summed E-state index contributed by atoms with van der Waals surface area (Å²) in [7, 11) is 1.74. The highest BCUT2D eigenvalue weighted by molar-refractivity contribution is 5.77. The van der Waals surface area contributed by atoms with Crippen LogP contribution in [0, 0.1) is 5.41 Å². The number of likely N-dealkylation sites (tertiary alicyclic amines) is 1. The molecule has 3 aliphatic heterocycles. The van der Waals surface area contributed by atoms with Gasteiger partial charge in [-0.1, -0.05) is 18.2 Å². The van der Waals surface area contributed by atoms with Crippen molar-refractivity contribution in [3.8, 4) is 5.75 Å². The molecule has 1 spiro atoms. The molecule has 0 bridgehead atoms. The normalized spacial score (nSPS) is 32.3. The van der Waals surface area contributed by atoms with Gasteiger partial charge in [0.15, 0.2) is 0 Å². The van der Waals surface area contributed by atoms with Crippen molar-refractivity contribution in [3.05, 3.63) is 29.8 Å². The molecule has 4 aliphatic rings. The number of morpholine rings is 1. The number of methoxy groups -OCH3 is 1. The minimum absolute atomic E-state index is 0.0836. The molecule has 158 valence electrons. The van der Waals surface area contributed by atoms with Crippen LogP contribution in [0.5, 0.6) is 5.75 Å². The van der Waals surface area contributed by atoms with Gasteiger partial charge in [-0.25, -0.2) is 0 Å². The lowest BCUT2D eigenvalue weighted by Crippen LogP contribution is -2.68. The summed E-state index contributed by atoms with van der Waals surface area (Å²) in [6, 6.07) is 8.70.